The van der Waals surface area contributed by atoms with Gasteiger partial charge in [0.15, 0.2) is 0 Å². The van der Waals surface area contributed by atoms with Crippen molar-refractivity contribution in [3.63, 3.8) is 0 Å². The van der Waals surface area contributed by atoms with Gasteiger partial charge in [-0.25, -0.2) is 4.39 Å². The van der Waals surface area contributed by atoms with E-state index in [1.807, 2.05) is 0 Å². The van der Waals surface area contributed by atoms with Gasteiger partial charge >= 0.3 is 12.4 Å². The van der Waals surface area contributed by atoms with Gasteiger partial charge in [0.05, 0.1) is 6.61 Å². The van der Waals surface area contributed by atoms with Crippen LogP contribution in [0.5, 0.6) is 5.75 Å². The normalized spacial score (nSPS) is 12.7. The van der Waals surface area contributed by atoms with Crippen molar-refractivity contribution in [2.24, 2.45) is 0 Å². The molecule has 0 spiro atoms. The number of ether oxygens (including phenoxy) is 1. The lowest BCUT2D eigenvalue weighted by molar-refractivity contribution is -0.164. The van der Waals surface area contributed by atoms with E-state index in [1.54, 1.807) is 0 Å². The third-order valence-electron chi connectivity index (χ3n) is 1.98. The Hall–Kier alpha value is -1.47. The minimum Gasteiger partial charge on any atom is -0.493 e. The summed E-state index contributed by atoms with van der Waals surface area (Å²) in [7, 11) is 0. The van der Waals surface area contributed by atoms with Crippen LogP contribution in [0.25, 0.3) is 0 Å². The van der Waals surface area contributed by atoms with Crippen molar-refractivity contribution in [3.05, 3.63) is 29.1 Å². The SMILES string of the molecule is CCOc1ccc(F)c(C(F)(F)F)c1C(F)(F)F. The van der Waals surface area contributed by atoms with Crippen molar-refractivity contribution in [1.82, 2.24) is 0 Å². The van der Waals surface area contributed by atoms with E-state index >= 15 is 0 Å². The topological polar surface area (TPSA) is 9.23 Å². The molecule has 0 fully saturated rings. The second-order valence-corrected chi connectivity index (χ2v) is 3.22. The molecule has 0 amide bonds. The molecule has 0 aliphatic heterocycles. The highest BCUT2D eigenvalue weighted by Crippen LogP contribution is 2.45. The highest BCUT2D eigenvalue weighted by molar-refractivity contribution is 5.44. The first-order valence-electron chi connectivity index (χ1n) is 4.68. The number of alkyl halides is 6. The quantitative estimate of drug-likeness (QED) is 0.733. The third-order valence-corrected chi connectivity index (χ3v) is 1.98. The predicted molar refractivity (Wildman–Crippen MR) is 47.6 cm³/mol. The zero-order valence-electron chi connectivity index (χ0n) is 8.92. The lowest BCUT2D eigenvalue weighted by atomic mass is 10.0. The van der Waals surface area contributed by atoms with Crippen molar-refractivity contribution in [3.8, 4) is 5.75 Å². The lowest BCUT2D eigenvalue weighted by Crippen LogP contribution is -2.20. The Morgan fingerprint density at radius 2 is 1.44 bits per heavy atom. The zero-order valence-corrected chi connectivity index (χ0v) is 8.92. The number of hydrogen-bond acceptors (Lipinski definition) is 1. The molecule has 0 saturated carbocycles. The highest BCUT2D eigenvalue weighted by Gasteiger charge is 2.47. The van der Waals surface area contributed by atoms with Crippen LogP contribution in [-0.4, -0.2) is 6.61 Å². The first kappa shape index (κ1) is 14.6. The van der Waals surface area contributed by atoms with Crippen LogP contribution in [0.15, 0.2) is 12.1 Å². The van der Waals surface area contributed by atoms with E-state index < -0.39 is 35.0 Å². The summed E-state index contributed by atoms with van der Waals surface area (Å²) in [6, 6.07) is 0.819. The molecule has 1 rings (SSSR count). The molecule has 8 heteroatoms. The highest BCUT2D eigenvalue weighted by atomic mass is 19.4. The van der Waals surface area contributed by atoms with Crippen LogP contribution in [0.2, 0.25) is 0 Å². The molecule has 0 aliphatic rings. The molecule has 0 aliphatic carbocycles. The Labute approximate surface area is 97.2 Å². The van der Waals surface area contributed by atoms with Crippen molar-refractivity contribution < 1.29 is 35.5 Å². The summed E-state index contributed by atoms with van der Waals surface area (Å²) in [5.74, 6) is -3.03. The van der Waals surface area contributed by atoms with Crippen molar-refractivity contribution in [2.45, 2.75) is 19.3 Å². The molecular weight excluding hydrogens is 269 g/mol. The van der Waals surface area contributed by atoms with E-state index in [9.17, 15) is 30.7 Å². The molecule has 18 heavy (non-hydrogen) atoms. The van der Waals surface area contributed by atoms with Gasteiger partial charge < -0.3 is 4.74 Å². The van der Waals surface area contributed by atoms with Crippen LogP contribution >= 0.6 is 0 Å². The average Bonchev–Trinajstić information content (AvgIpc) is 2.17. The first-order chi connectivity index (χ1) is 8.09. The fraction of sp³-hybridized carbons (Fsp3) is 0.400. The van der Waals surface area contributed by atoms with Crippen LogP contribution < -0.4 is 4.74 Å². The third kappa shape index (κ3) is 2.85. The molecule has 0 heterocycles. The van der Waals surface area contributed by atoms with Gasteiger partial charge in [-0.05, 0) is 19.1 Å². The molecule has 0 atom stereocenters. The summed E-state index contributed by atoms with van der Waals surface area (Å²) in [6.07, 6.45) is -10.8. The van der Waals surface area contributed by atoms with E-state index in [0.717, 1.165) is 0 Å². The van der Waals surface area contributed by atoms with Gasteiger partial charge in [0.1, 0.15) is 22.7 Å². The summed E-state index contributed by atoms with van der Waals surface area (Å²) in [5.41, 5.74) is -4.50. The fourth-order valence-corrected chi connectivity index (χ4v) is 1.39. The van der Waals surface area contributed by atoms with Gasteiger partial charge in [-0.15, -0.1) is 0 Å². The summed E-state index contributed by atoms with van der Waals surface area (Å²) in [6.45, 7) is 1.03. The Morgan fingerprint density at radius 1 is 0.944 bits per heavy atom. The molecule has 0 radical (unpaired) electrons. The van der Waals surface area contributed by atoms with Gasteiger partial charge in [-0.1, -0.05) is 0 Å². The maximum Gasteiger partial charge on any atom is 0.420 e. The zero-order chi connectivity index (χ0) is 14.1. The molecule has 0 aromatic heterocycles. The van der Waals surface area contributed by atoms with Crippen LogP contribution in [0.3, 0.4) is 0 Å². The Bertz CT molecular complexity index is 433. The summed E-state index contributed by atoms with van der Waals surface area (Å²) in [5, 5.41) is 0. The van der Waals surface area contributed by atoms with Crippen LogP contribution in [-0.2, 0) is 12.4 Å². The van der Waals surface area contributed by atoms with Crippen molar-refractivity contribution >= 4 is 0 Å². The van der Waals surface area contributed by atoms with Crippen LogP contribution in [0, 0.1) is 5.82 Å². The molecule has 0 saturated heterocycles. The van der Waals surface area contributed by atoms with Crippen LogP contribution in [0.1, 0.15) is 18.1 Å². The van der Waals surface area contributed by atoms with Crippen molar-refractivity contribution in [2.75, 3.05) is 6.61 Å². The first-order valence-corrected chi connectivity index (χ1v) is 4.68. The molecule has 1 aromatic rings. The molecule has 102 valence electrons. The molecule has 0 bridgehead atoms. The number of rotatable bonds is 2. The van der Waals surface area contributed by atoms with E-state index in [0.29, 0.717) is 12.1 Å². The van der Waals surface area contributed by atoms with E-state index in [1.165, 1.54) is 6.92 Å². The Kier molecular flexibility index (Phi) is 3.78. The number of benzene rings is 1. The monoisotopic (exact) mass is 276 g/mol. The second kappa shape index (κ2) is 4.66. The lowest BCUT2D eigenvalue weighted by Gasteiger charge is -2.19. The molecule has 0 N–H and O–H groups in total. The fourth-order valence-electron chi connectivity index (χ4n) is 1.39. The summed E-state index contributed by atoms with van der Waals surface area (Å²) < 4.78 is 92.7. The summed E-state index contributed by atoms with van der Waals surface area (Å²) >= 11 is 0. The Balaban J connectivity index is 3.62. The minimum absolute atomic E-state index is 0.272. The van der Waals surface area contributed by atoms with Gasteiger partial charge in [0.25, 0.3) is 0 Å². The van der Waals surface area contributed by atoms with Crippen molar-refractivity contribution in [1.29, 1.82) is 0 Å². The number of hydrogen-bond donors (Lipinski definition) is 0. The maximum atomic E-state index is 13.0. The van der Waals surface area contributed by atoms with Gasteiger partial charge in [0.2, 0.25) is 0 Å². The summed E-state index contributed by atoms with van der Waals surface area (Å²) in [4.78, 5) is 0. The van der Waals surface area contributed by atoms with Gasteiger partial charge in [-0.2, -0.15) is 26.3 Å². The average molecular weight is 276 g/mol. The molecule has 1 aromatic carbocycles. The largest absolute Gasteiger partial charge is 0.493 e. The predicted octanol–water partition coefficient (Wildman–Crippen LogP) is 4.26. The van der Waals surface area contributed by atoms with E-state index in [4.69, 9.17) is 0 Å². The molecule has 0 unspecified atom stereocenters. The molecular formula is C10H7F7O. The standard InChI is InChI=1S/C10H7F7O/c1-2-18-6-4-3-5(11)7(9(12,13)14)8(6)10(15,16)17/h3-4H,2H2,1H3. The van der Waals surface area contributed by atoms with Crippen LogP contribution in [0.4, 0.5) is 30.7 Å². The van der Waals surface area contributed by atoms with Gasteiger partial charge in [0, 0.05) is 0 Å². The smallest absolute Gasteiger partial charge is 0.420 e. The van der Waals surface area contributed by atoms with Gasteiger partial charge in [-0.3, -0.25) is 0 Å². The number of halogens is 7. The second-order valence-electron chi connectivity index (χ2n) is 3.22. The minimum atomic E-state index is -5.46. The Morgan fingerprint density at radius 3 is 1.83 bits per heavy atom. The van der Waals surface area contributed by atoms with E-state index in [2.05, 4.69) is 4.74 Å². The molecule has 1 nitrogen and oxygen atoms in total. The van der Waals surface area contributed by atoms with E-state index in [-0.39, 0.29) is 6.61 Å². The maximum absolute atomic E-state index is 13.0.